The number of carbonyl (C=O) groups is 2. The number of amides is 1. The van der Waals surface area contributed by atoms with Crippen LogP contribution in [0.15, 0.2) is 0 Å². The van der Waals surface area contributed by atoms with E-state index in [9.17, 15) is 9.59 Å². The summed E-state index contributed by atoms with van der Waals surface area (Å²) in [6.45, 7) is 2.03. The Morgan fingerprint density at radius 3 is 2.67 bits per heavy atom. The van der Waals surface area contributed by atoms with Crippen molar-refractivity contribution in [3.05, 3.63) is 0 Å². The Balaban J connectivity index is 3.53. The van der Waals surface area contributed by atoms with E-state index in [4.69, 9.17) is 5.73 Å². The quantitative estimate of drug-likeness (QED) is 0.431. The zero-order valence-corrected chi connectivity index (χ0v) is 7.38. The van der Waals surface area contributed by atoms with Crippen LogP contribution in [-0.2, 0) is 9.59 Å². The second kappa shape index (κ2) is 6.79. The molecule has 0 bridgehead atoms. The minimum absolute atomic E-state index is 0.167. The normalized spacial score (nSPS) is 12.2. The second-order valence-corrected chi connectivity index (χ2v) is 2.73. The summed E-state index contributed by atoms with van der Waals surface area (Å²) in [7, 11) is 0. The molecule has 4 heteroatoms. The van der Waals surface area contributed by atoms with Crippen molar-refractivity contribution in [1.29, 1.82) is 0 Å². The number of carbonyl (C=O) groups excluding carboxylic acids is 2. The average molecular weight is 172 g/mol. The van der Waals surface area contributed by atoms with Crippen molar-refractivity contribution in [2.24, 2.45) is 5.73 Å². The molecular formula is C8H16N2O2. The standard InChI is InChI=1S/C8H16N2O2/c1-7(12)10-8(6-11)4-2-3-5-9/h6,8H,2-5,9H2,1H3,(H,10,12)/t8-/m0/s1. The van der Waals surface area contributed by atoms with E-state index in [1.165, 1.54) is 6.92 Å². The molecule has 0 aliphatic carbocycles. The Kier molecular flexibility index (Phi) is 6.28. The van der Waals surface area contributed by atoms with Gasteiger partial charge in [0.2, 0.25) is 5.91 Å². The van der Waals surface area contributed by atoms with Crippen LogP contribution < -0.4 is 11.1 Å². The molecule has 0 saturated carbocycles. The fraction of sp³-hybridized carbons (Fsp3) is 0.750. The van der Waals surface area contributed by atoms with Crippen LogP contribution in [0.1, 0.15) is 26.2 Å². The molecule has 0 aliphatic rings. The van der Waals surface area contributed by atoms with Gasteiger partial charge < -0.3 is 15.8 Å². The third-order valence-electron chi connectivity index (χ3n) is 1.52. The first-order valence-corrected chi connectivity index (χ1v) is 4.13. The van der Waals surface area contributed by atoms with E-state index in [0.29, 0.717) is 13.0 Å². The molecule has 1 atom stereocenters. The van der Waals surface area contributed by atoms with Crippen molar-refractivity contribution in [2.75, 3.05) is 6.54 Å². The fourth-order valence-electron chi connectivity index (χ4n) is 0.944. The molecule has 0 heterocycles. The highest BCUT2D eigenvalue weighted by Gasteiger charge is 2.06. The van der Waals surface area contributed by atoms with Gasteiger partial charge in [0.05, 0.1) is 6.04 Å². The molecule has 12 heavy (non-hydrogen) atoms. The van der Waals surface area contributed by atoms with Gasteiger partial charge in [-0.25, -0.2) is 0 Å². The SMILES string of the molecule is CC(=O)N[C@H](C=O)CCCCN. The van der Waals surface area contributed by atoms with Gasteiger partial charge in [-0.15, -0.1) is 0 Å². The summed E-state index contributed by atoms with van der Waals surface area (Å²) >= 11 is 0. The summed E-state index contributed by atoms with van der Waals surface area (Å²) < 4.78 is 0. The third-order valence-corrected chi connectivity index (χ3v) is 1.52. The van der Waals surface area contributed by atoms with Gasteiger partial charge >= 0.3 is 0 Å². The lowest BCUT2D eigenvalue weighted by atomic mass is 10.1. The summed E-state index contributed by atoms with van der Waals surface area (Å²) in [6.07, 6.45) is 3.21. The van der Waals surface area contributed by atoms with E-state index in [-0.39, 0.29) is 11.9 Å². The summed E-state index contributed by atoms with van der Waals surface area (Å²) in [4.78, 5) is 20.9. The first-order valence-electron chi connectivity index (χ1n) is 4.13. The van der Waals surface area contributed by atoms with Gasteiger partial charge in [0.25, 0.3) is 0 Å². The van der Waals surface area contributed by atoms with Crippen LogP contribution in [-0.4, -0.2) is 24.8 Å². The number of rotatable bonds is 6. The lowest BCUT2D eigenvalue weighted by molar-refractivity contribution is -0.122. The maximum absolute atomic E-state index is 10.6. The Bertz CT molecular complexity index is 148. The highest BCUT2D eigenvalue weighted by atomic mass is 16.2. The van der Waals surface area contributed by atoms with Crippen LogP contribution in [0.5, 0.6) is 0 Å². The first kappa shape index (κ1) is 11.1. The smallest absolute Gasteiger partial charge is 0.217 e. The lowest BCUT2D eigenvalue weighted by Gasteiger charge is -2.09. The van der Waals surface area contributed by atoms with E-state index >= 15 is 0 Å². The Hall–Kier alpha value is -0.900. The maximum Gasteiger partial charge on any atom is 0.217 e. The summed E-state index contributed by atoms with van der Waals surface area (Å²) in [6, 6.07) is -0.339. The fourth-order valence-corrected chi connectivity index (χ4v) is 0.944. The second-order valence-electron chi connectivity index (χ2n) is 2.73. The van der Waals surface area contributed by atoms with Crippen LogP contribution in [0.2, 0.25) is 0 Å². The van der Waals surface area contributed by atoms with Crippen molar-refractivity contribution in [3.8, 4) is 0 Å². The highest BCUT2D eigenvalue weighted by molar-refractivity contribution is 5.77. The van der Waals surface area contributed by atoms with Gasteiger partial charge in [0.1, 0.15) is 6.29 Å². The van der Waals surface area contributed by atoms with Crippen molar-refractivity contribution >= 4 is 12.2 Å². The van der Waals surface area contributed by atoms with Gasteiger partial charge in [-0.1, -0.05) is 0 Å². The average Bonchev–Trinajstić information content (AvgIpc) is 2.02. The Morgan fingerprint density at radius 1 is 1.58 bits per heavy atom. The zero-order valence-electron chi connectivity index (χ0n) is 7.38. The lowest BCUT2D eigenvalue weighted by Crippen LogP contribution is -2.34. The largest absolute Gasteiger partial charge is 0.347 e. The molecule has 0 spiro atoms. The molecule has 0 aromatic rings. The van der Waals surface area contributed by atoms with E-state index in [1.54, 1.807) is 0 Å². The minimum atomic E-state index is -0.339. The van der Waals surface area contributed by atoms with Crippen molar-refractivity contribution in [1.82, 2.24) is 5.32 Å². The number of hydrogen-bond acceptors (Lipinski definition) is 3. The Labute approximate surface area is 72.5 Å². The molecule has 0 rings (SSSR count). The minimum Gasteiger partial charge on any atom is -0.347 e. The predicted molar refractivity (Wildman–Crippen MR) is 46.6 cm³/mol. The van der Waals surface area contributed by atoms with Gasteiger partial charge in [-0.2, -0.15) is 0 Å². The molecule has 0 fully saturated rings. The van der Waals surface area contributed by atoms with E-state index in [1.807, 2.05) is 0 Å². The van der Waals surface area contributed by atoms with Crippen LogP contribution in [0.3, 0.4) is 0 Å². The number of nitrogens with one attached hydrogen (secondary N) is 1. The number of aldehydes is 1. The number of nitrogens with two attached hydrogens (primary N) is 1. The van der Waals surface area contributed by atoms with Crippen LogP contribution in [0.4, 0.5) is 0 Å². The maximum atomic E-state index is 10.6. The zero-order chi connectivity index (χ0) is 9.40. The molecule has 70 valence electrons. The van der Waals surface area contributed by atoms with Crippen molar-refractivity contribution < 1.29 is 9.59 Å². The van der Waals surface area contributed by atoms with Crippen LogP contribution >= 0.6 is 0 Å². The van der Waals surface area contributed by atoms with Crippen molar-refractivity contribution in [3.63, 3.8) is 0 Å². The van der Waals surface area contributed by atoms with Crippen molar-refractivity contribution in [2.45, 2.75) is 32.2 Å². The molecule has 0 radical (unpaired) electrons. The molecule has 0 unspecified atom stereocenters. The Morgan fingerprint density at radius 2 is 2.25 bits per heavy atom. The van der Waals surface area contributed by atoms with Gasteiger partial charge in [-0.05, 0) is 25.8 Å². The van der Waals surface area contributed by atoms with E-state index in [0.717, 1.165) is 19.1 Å². The van der Waals surface area contributed by atoms with E-state index < -0.39 is 0 Å². The molecule has 0 aromatic heterocycles. The predicted octanol–water partition coefficient (Wildman–Crippen LogP) is -0.181. The summed E-state index contributed by atoms with van der Waals surface area (Å²) in [5.41, 5.74) is 5.28. The van der Waals surface area contributed by atoms with Gasteiger partial charge in [-0.3, -0.25) is 4.79 Å². The monoisotopic (exact) mass is 172 g/mol. The molecule has 0 aromatic carbocycles. The molecule has 4 nitrogen and oxygen atoms in total. The highest BCUT2D eigenvalue weighted by Crippen LogP contribution is 1.97. The summed E-state index contributed by atoms with van der Waals surface area (Å²) in [5.74, 6) is -0.167. The van der Waals surface area contributed by atoms with E-state index in [2.05, 4.69) is 5.32 Å². The van der Waals surface area contributed by atoms with Crippen LogP contribution in [0, 0.1) is 0 Å². The van der Waals surface area contributed by atoms with Crippen LogP contribution in [0.25, 0.3) is 0 Å². The molecule has 3 N–H and O–H groups in total. The summed E-state index contributed by atoms with van der Waals surface area (Å²) in [5, 5.41) is 2.54. The topological polar surface area (TPSA) is 72.2 Å². The number of hydrogen-bond donors (Lipinski definition) is 2. The van der Waals surface area contributed by atoms with Gasteiger partial charge in [0, 0.05) is 6.92 Å². The molecule has 0 saturated heterocycles. The molecule has 1 amide bonds. The number of unbranched alkanes of at least 4 members (excludes halogenated alkanes) is 1. The third kappa shape index (κ3) is 5.85. The first-order chi connectivity index (χ1) is 5.70. The van der Waals surface area contributed by atoms with Gasteiger partial charge in [0.15, 0.2) is 0 Å². The molecular weight excluding hydrogens is 156 g/mol. The molecule has 0 aliphatic heterocycles.